The summed E-state index contributed by atoms with van der Waals surface area (Å²) >= 11 is 3.08. The van der Waals surface area contributed by atoms with Crippen molar-refractivity contribution < 1.29 is 0 Å². The summed E-state index contributed by atoms with van der Waals surface area (Å²) < 4.78 is 1.18. The maximum absolute atomic E-state index is 8.65. The predicted octanol–water partition coefficient (Wildman–Crippen LogP) is 4.38. The van der Waals surface area contributed by atoms with Gasteiger partial charge in [-0.05, 0) is 42.7 Å². The Balaban J connectivity index is 1.89. The Morgan fingerprint density at radius 3 is 2.68 bits per heavy atom. The van der Waals surface area contributed by atoms with Gasteiger partial charge in [0.1, 0.15) is 5.01 Å². The quantitative estimate of drug-likeness (QED) is 0.329. The summed E-state index contributed by atoms with van der Waals surface area (Å²) in [7, 11) is 0. The van der Waals surface area contributed by atoms with Gasteiger partial charge in [0.25, 0.3) is 0 Å². The standard InChI is InChI=1S/C16H12N4S2/c1-21-16(18-10-17)19-12-8-6-11(7-9-12)15-20-13-4-2-3-5-14(13)22-15/h2-9H,1H3,(H,18,19). The largest absolute Gasteiger partial charge is 0.271 e. The number of hydrogen-bond donors (Lipinski definition) is 1. The van der Waals surface area contributed by atoms with E-state index in [-0.39, 0.29) is 0 Å². The minimum atomic E-state index is 0.579. The molecule has 0 spiro atoms. The normalized spacial score (nSPS) is 11.4. The molecule has 0 fully saturated rings. The summed E-state index contributed by atoms with van der Waals surface area (Å²) in [6.45, 7) is 0. The fourth-order valence-corrected chi connectivity index (χ4v) is 3.28. The van der Waals surface area contributed by atoms with Crippen LogP contribution in [0, 0.1) is 11.5 Å². The zero-order valence-electron chi connectivity index (χ0n) is 11.8. The number of nitrogens with zero attached hydrogens (tertiary/aromatic N) is 3. The molecule has 4 nitrogen and oxygen atoms in total. The molecule has 1 heterocycles. The molecule has 22 heavy (non-hydrogen) atoms. The average molecular weight is 324 g/mol. The zero-order chi connectivity index (χ0) is 15.4. The third-order valence-electron chi connectivity index (χ3n) is 2.99. The third-order valence-corrected chi connectivity index (χ3v) is 4.66. The Labute approximate surface area is 136 Å². The number of thioether (sulfide) groups is 1. The number of para-hydroxylation sites is 1. The number of nitriles is 1. The van der Waals surface area contributed by atoms with Crippen LogP contribution in [0.25, 0.3) is 20.8 Å². The summed E-state index contributed by atoms with van der Waals surface area (Å²) in [4.78, 5) is 9.02. The van der Waals surface area contributed by atoms with Gasteiger partial charge in [0.15, 0.2) is 11.4 Å². The Morgan fingerprint density at radius 1 is 1.23 bits per heavy atom. The highest BCUT2D eigenvalue weighted by molar-refractivity contribution is 8.13. The Kier molecular flexibility index (Phi) is 4.37. The number of thiazole rings is 1. The fourth-order valence-electron chi connectivity index (χ4n) is 1.96. The second-order valence-electron chi connectivity index (χ2n) is 4.39. The number of aliphatic imine (C=N–C) groups is 1. The molecule has 0 aliphatic rings. The number of benzene rings is 2. The summed E-state index contributed by atoms with van der Waals surface area (Å²) in [6, 6.07) is 16.0. The molecule has 1 aromatic heterocycles. The van der Waals surface area contributed by atoms with Crippen LogP contribution < -0.4 is 5.32 Å². The van der Waals surface area contributed by atoms with E-state index < -0.39 is 0 Å². The van der Waals surface area contributed by atoms with Gasteiger partial charge in [0.05, 0.1) is 15.9 Å². The molecule has 0 bridgehead atoms. The minimum Gasteiger partial charge on any atom is -0.271 e. The van der Waals surface area contributed by atoms with Gasteiger partial charge in [-0.15, -0.1) is 11.3 Å². The minimum absolute atomic E-state index is 0.579. The average Bonchev–Trinajstić information content (AvgIpc) is 2.99. The van der Waals surface area contributed by atoms with Gasteiger partial charge in [0, 0.05) is 5.56 Å². The number of hydrogen-bond acceptors (Lipinski definition) is 5. The molecule has 2 aromatic carbocycles. The maximum atomic E-state index is 8.65. The van der Waals surface area contributed by atoms with Crippen LogP contribution in [0.1, 0.15) is 0 Å². The first-order valence-corrected chi connectivity index (χ1v) is 8.58. The van der Waals surface area contributed by atoms with Crippen molar-refractivity contribution in [1.82, 2.24) is 10.3 Å². The van der Waals surface area contributed by atoms with E-state index >= 15 is 0 Å². The van der Waals surface area contributed by atoms with Crippen LogP contribution in [0.2, 0.25) is 0 Å². The number of nitrogens with one attached hydrogen (secondary N) is 1. The van der Waals surface area contributed by atoms with Crippen molar-refractivity contribution in [1.29, 1.82) is 5.26 Å². The van der Waals surface area contributed by atoms with Crippen LogP contribution in [0.5, 0.6) is 0 Å². The van der Waals surface area contributed by atoms with Crippen molar-refractivity contribution in [3.05, 3.63) is 48.5 Å². The number of rotatable bonds is 2. The molecule has 3 rings (SSSR count). The van der Waals surface area contributed by atoms with E-state index in [9.17, 15) is 0 Å². The van der Waals surface area contributed by atoms with Crippen LogP contribution in [0.15, 0.2) is 53.5 Å². The second kappa shape index (κ2) is 6.60. The molecule has 108 valence electrons. The van der Waals surface area contributed by atoms with Crippen molar-refractivity contribution in [2.24, 2.45) is 4.99 Å². The van der Waals surface area contributed by atoms with Crippen molar-refractivity contribution >= 4 is 44.2 Å². The van der Waals surface area contributed by atoms with Gasteiger partial charge < -0.3 is 0 Å². The highest BCUT2D eigenvalue weighted by Crippen LogP contribution is 2.30. The number of amidine groups is 1. The molecule has 0 unspecified atom stereocenters. The van der Waals surface area contributed by atoms with Crippen LogP contribution in [0.4, 0.5) is 5.69 Å². The van der Waals surface area contributed by atoms with Crippen LogP contribution in [-0.2, 0) is 0 Å². The summed E-state index contributed by atoms with van der Waals surface area (Å²) in [6.07, 6.45) is 3.75. The highest BCUT2D eigenvalue weighted by atomic mass is 32.2. The molecule has 6 heteroatoms. The summed E-state index contributed by atoms with van der Waals surface area (Å²) in [5.41, 5.74) is 2.89. The van der Waals surface area contributed by atoms with Crippen LogP contribution >= 0.6 is 23.1 Å². The lowest BCUT2D eigenvalue weighted by atomic mass is 10.2. The molecule has 0 radical (unpaired) electrons. The lowest BCUT2D eigenvalue weighted by Gasteiger charge is -2.01. The molecule has 0 aliphatic heterocycles. The second-order valence-corrected chi connectivity index (χ2v) is 6.22. The van der Waals surface area contributed by atoms with Crippen molar-refractivity contribution in [3.8, 4) is 16.8 Å². The van der Waals surface area contributed by atoms with Gasteiger partial charge in [0.2, 0.25) is 0 Å². The van der Waals surface area contributed by atoms with E-state index in [2.05, 4.69) is 21.4 Å². The van der Waals surface area contributed by atoms with E-state index in [0.717, 1.165) is 21.8 Å². The zero-order valence-corrected chi connectivity index (χ0v) is 13.4. The highest BCUT2D eigenvalue weighted by Gasteiger charge is 2.05. The van der Waals surface area contributed by atoms with Gasteiger partial charge in [-0.3, -0.25) is 5.32 Å². The first kappa shape index (κ1) is 14.6. The first-order valence-electron chi connectivity index (χ1n) is 6.54. The molecule has 1 N–H and O–H groups in total. The van der Waals surface area contributed by atoms with E-state index in [1.54, 1.807) is 11.3 Å². The molecular weight excluding hydrogens is 312 g/mol. The Bertz CT molecular complexity index is 827. The molecule has 0 aliphatic carbocycles. The molecule has 3 aromatic rings. The van der Waals surface area contributed by atoms with E-state index in [1.165, 1.54) is 16.5 Å². The van der Waals surface area contributed by atoms with Gasteiger partial charge in [-0.1, -0.05) is 23.9 Å². The molecular formula is C16H12N4S2. The smallest absolute Gasteiger partial charge is 0.183 e. The van der Waals surface area contributed by atoms with E-state index in [0.29, 0.717) is 5.17 Å². The van der Waals surface area contributed by atoms with Crippen molar-refractivity contribution in [2.75, 3.05) is 6.26 Å². The van der Waals surface area contributed by atoms with Gasteiger partial charge >= 0.3 is 0 Å². The summed E-state index contributed by atoms with van der Waals surface area (Å²) in [5, 5.41) is 12.8. The molecule has 0 saturated heterocycles. The third kappa shape index (κ3) is 3.11. The lowest BCUT2D eigenvalue weighted by Crippen LogP contribution is -2.12. The monoisotopic (exact) mass is 324 g/mol. The maximum Gasteiger partial charge on any atom is 0.183 e. The topological polar surface area (TPSA) is 61.1 Å². The van der Waals surface area contributed by atoms with Crippen molar-refractivity contribution in [3.63, 3.8) is 0 Å². The molecule has 0 saturated carbocycles. The Morgan fingerprint density at radius 2 is 2.00 bits per heavy atom. The number of fused-ring (bicyclic) bond motifs is 1. The van der Waals surface area contributed by atoms with Crippen LogP contribution in [-0.4, -0.2) is 16.4 Å². The number of aromatic nitrogens is 1. The van der Waals surface area contributed by atoms with Crippen LogP contribution in [0.3, 0.4) is 0 Å². The summed E-state index contributed by atoms with van der Waals surface area (Å²) in [5.74, 6) is 0. The predicted molar refractivity (Wildman–Crippen MR) is 94.4 cm³/mol. The first-order chi connectivity index (χ1) is 10.8. The van der Waals surface area contributed by atoms with Gasteiger partial charge in [-0.2, -0.15) is 5.26 Å². The van der Waals surface area contributed by atoms with Crippen molar-refractivity contribution in [2.45, 2.75) is 0 Å². The molecule has 0 amide bonds. The fraction of sp³-hybridized carbons (Fsp3) is 0.0625. The molecule has 0 atom stereocenters. The Hall–Kier alpha value is -2.36. The van der Waals surface area contributed by atoms with E-state index in [1.807, 2.05) is 54.9 Å². The van der Waals surface area contributed by atoms with Gasteiger partial charge in [-0.25, -0.2) is 9.98 Å². The van der Waals surface area contributed by atoms with E-state index in [4.69, 9.17) is 5.26 Å². The SMILES string of the molecule is CSC(=Nc1ccc(-c2nc3ccccc3s2)cc1)NC#N. The lowest BCUT2D eigenvalue weighted by molar-refractivity contribution is 1.28.